The van der Waals surface area contributed by atoms with Crippen molar-refractivity contribution in [3.63, 3.8) is 0 Å². The molecule has 1 aliphatic carbocycles. The molecule has 0 bridgehead atoms. The molecule has 2 aliphatic heterocycles. The largest absolute Gasteiger partial charge is 0.493 e. The fraction of sp³-hybridized carbons (Fsp3) is 0.850. The molecule has 3 aliphatic rings. The van der Waals surface area contributed by atoms with Crippen molar-refractivity contribution in [1.82, 2.24) is 0 Å². The monoisotopic (exact) mass is 645 g/mol. The summed E-state index contributed by atoms with van der Waals surface area (Å²) < 4.78 is 37.7. The van der Waals surface area contributed by atoms with Crippen molar-refractivity contribution in [3.8, 4) is 5.75 Å². The first-order valence-electron chi connectivity index (χ1n) is 19.0. The van der Waals surface area contributed by atoms with E-state index in [1.165, 1.54) is 31.2 Å². The van der Waals surface area contributed by atoms with Gasteiger partial charge in [0.1, 0.15) is 5.75 Å². The van der Waals surface area contributed by atoms with Crippen LogP contribution in [0.2, 0.25) is 0 Å². The minimum atomic E-state index is -0.184. The second kappa shape index (κ2) is 18.0. The molecule has 46 heavy (non-hydrogen) atoms. The Labute approximate surface area is 282 Å². The zero-order valence-electron chi connectivity index (χ0n) is 30.6. The maximum atomic E-state index is 6.64. The van der Waals surface area contributed by atoms with E-state index in [-0.39, 0.29) is 29.2 Å². The highest BCUT2D eigenvalue weighted by Crippen LogP contribution is 2.40. The van der Waals surface area contributed by atoms with Crippen LogP contribution in [0.4, 0.5) is 0 Å². The molecule has 6 unspecified atom stereocenters. The molecule has 6 heteroatoms. The van der Waals surface area contributed by atoms with Crippen molar-refractivity contribution in [2.75, 3.05) is 26.4 Å². The molecule has 3 fully saturated rings. The molecule has 6 atom stereocenters. The molecule has 1 saturated carbocycles. The standard InChI is InChI=1S/C40H68O6/c1-8-38(5,29-40(7,10-3)46-37-16-12-14-26-42-37)30-44-35-23-19-33(20-24-35)32-17-21-34(22-18-32)43-28-31(4)27-39(6,9-2)45-36-15-11-13-25-41-36/h17-18,21-22,31,33,35-37H,8-16,19-20,23-30H2,1-7H3. The van der Waals surface area contributed by atoms with E-state index < -0.39 is 0 Å². The number of hydrogen-bond acceptors (Lipinski definition) is 6. The molecule has 0 aromatic heterocycles. The van der Waals surface area contributed by atoms with E-state index in [9.17, 15) is 0 Å². The van der Waals surface area contributed by atoms with Gasteiger partial charge >= 0.3 is 0 Å². The zero-order valence-corrected chi connectivity index (χ0v) is 30.6. The Morgan fingerprint density at radius 2 is 1.33 bits per heavy atom. The average Bonchev–Trinajstić information content (AvgIpc) is 3.08. The molecular weight excluding hydrogens is 576 g/mol. The normalized spacial score (nSPS) is 28.8. The lowest BCUT2D eigenvalue weighted by Crippen LogP contribution is -2.42. The van der Waals surface area contributed by atoms with E-state index in [1.807, 2.05) is 0 Å². The molecule has 1 aromatic carbocycles. The lowest BCUT2D eigenvalue weighted by Gasteiger charge is -2.42. The summed E-state index contributed by atoms with van der Waals surface area (Å²) in [7, 11) is 0. The summed E-state index contributed by atoms with van der Waals surface area (Å²) in [5, 5.41) is 0. The molecule has 0 spiro atoms. The molecule has 6 nitrogen and oxygen atoms in total. The topological polar surface area (TPSA) is 55.4 Å². The summed E-state index contributed by atoms with van der Waals surface area (Å²) in [6, 6.07) is 8.88. The molecule has 2 heterocycles. The van der Waals surface area contributed by atoms with Crippen molar-refractivity contribution < 1.29 is 28.4 Å². The third-order valence-electron chi connectivity index (χ3n) is 11.3. The average molecular weight is 645 g/mol. The van der Waals surface area contributed by atoms with Crippen molar-refractivity contribution in [3.05, 3.63) is 29.8 Å². The number of hydrogen-bond donors (Lipinski definition) is 0. The first-order chi connectivity index (χ1) is 22.1. The molecule has 0 radical (unpaired) electrons. The van der Waals surface area contributed by atoms with Crippen LogP contribution in [0.25, 0.3) is 0 Å². The second-order valence-electron chi connectivity index (χ2n) is 15.7. The summed E-state index contributed by atoms with van der Waals surface area (Å²) in [5.41, 5.74) is 1.16. The molecule has 0 amide bonds. The van der Waals surface area contributed by atoms with Gasteiger partial charge in [0, 0.05) is 13.2 Å². The summed E-state index contributed by atoms with van der Waals surface area (Å²) >= 11 is 0. The van der Waals surface area contributed by atoms with Gasteiger partial charge in [0.2, 0.25) is 0 Å². The third kappa shape index (κ3) is 11.8. The Morgan fingerprint density at radius 1 is 0.739 bits per heavy atom. The number of benzene rings is 1. The highest BCUT2D eigenvalue weighted by atomic mass is 16.7. The minimum Gasteiger partial charge on any atom is -0.493 e. The van der Waals surface area contributed by atoms with Crippen LogP contribution in [0.3, 0.4) is 0 Å². The van der Waals surface area contributed by atoms with E-state index >= 15 is 0 Å². The minimum absolute atomic E-state index is 0.0518. The first kappa shape index (κ1) is 37.6. The van der Waals surface area contributed by atoms with Crippen molar-refractivity contribution in [1.29, 1.82) is 0 Å². The Kier molecular flexibility index (Phi) is 14.7. The van der Waals surface area contributed by atoms with Crippen LogP contribution in [0.15, 0.2) is 24.3 Å². The third-order valence-corrected chi connectivity index (χ3v) is 11.3. The maximum absolute atomic E-state index is 6.64. The Hall–Kier alpha value is -1.18. The van der Waals surface area contributed by atoms with Gasteiger partial charge in [-0.15, -0.1) is 0 Å². The van der Waals surface area contributed by atoms with E-state index in [0.717, 1.165) is 96.2 Å². The molecule has 1 aromatic rings. The van der Waals surface area contributed by atoms with Gasteiger partial charge in [-0.3, -0.25) is 0 Å². The van der Waals surface area contributed by atoms with Crippen LogP contribution >= 0.6 is 0 Å². The fourth-order valence-corrected chi connectivity index (χ4v) is 7.70. The van der Waals surface area contributed by atoms with Crippen LogP contribution in [0, 0.1) is 11.3 Å². The Bertz CT molecular complexity index is 980. The molecular formula is C40H68O6. The Balaban J connectivity index is 1.17. The van der Waals surface area contributed by atoms with Gasteiger partial charge in [-0.1, -0.05) is 46.8 Å². The molecule has 264 valence electrons. The number of rotatable bonds is 18. The van der Waals surface area contributed by atoms with Crippen LogP contribution in [0.1, 0.15) is 156 Å². The first-order valence-corrected chi connectivity index (χ1v) is 19.0. The molecule has 0 N–H and O–H groups in total. The fourth-order valence-electron chi connectivity index (χ4n) is 7.70. The summed E-state index contributed by atoms with van der Waals surface area (Å²) in [6.07, 6.45) is 16.6. The van der Waals surface area contributed by atoms with E-state index in [1.54, 1.807) is 0 Å². The van der Waals surface area contributed by atoms with Crippen molar-refractivity contribution in [2.24, 2.45) is 11.3 Å². The smallest absolute Gasteiger partial charge is 0.158 e. The van der Waals surface area contributed by atoms with Gasteiger partial charge in [0.05, 0.1) is 30.5 Å². The van der Waals surface area contributed by atoms with Crippen molar-refractivity contribution >= 4 is 0 Å². The summed E-state index contributed by atoms with van der Waals surface area (Å²) in [4.78, 5) is 0. The van der Waals surface area contributed by atoms with Gasteiger partial charge in [0.25, 0.3) is 0 Å². The van der Waals surface area contributed by atoms with Crippen LogP contribution in [-0.2, 0) is 23.7 Å². The van der Waals surface area contributed by atoms with Crippen LogP contribution in [-0.4, -0.2) is 56.3 Å². The second-order valence-corrected chi connectivity index (χ2v) is 15.7. The SMILES string of the molecule is CCC(C)(COC1CCC(c2ccc(OCC(C)CC(C)(CC)OC3CCCCO3)cc2)CC1)CC(C)(CC)OC1CCCCO1. The van der Waals surface area contributed by atoms with Crippen molar-refractivity contribution in [2.45, 2.75) is 181 Å². The van der Waals surface area contributed by atoms with Gasteiger partial charge in [0.15, 0.2) is 12.6 Å². The van der Waals surface area contributed by atoms with E-state index in [4.69, 9.17) is 28.4 Å². The van der Waals surface area contributed by atoms with Crippen LogP contribution in [0.5, 0.6) is 5.75 Å². The van der Waals surface area contributed by atoms with E-state index in [2.05, 4.69) is 72.7 Å². The lowest BCUT2D eigenvalue weighted by molar-refractivity contribution is -0.231. The van der Waals surface area contributed by atoms with E-state index in [0.29, 0.717) is 24.5 Å². The zero-order chi connectivity index (χ0) is 33.0. The molecule has 4 rings (SSSR count). The highest BCUT2D eigenvalue weighted by molar-refractivity contribution is 5.29. The van der Waals surface area contributed by atoms with Gasteiger partial charge in [-0.2, -0.15) is 0 Å². The highest BCUT2D eigenvalue weighted by Gasteiger charge is 2.38. The van der Waals surface area contributed by atoms with Gasteiger partial charge < -0.3 is 28.4 Å². The Morgan fingerprint density at radius 3 is 1.85 bits per heavy atom. The molecule has 2 saturated heterocycles. The summed E-state index contributed by atoms with van der Waals surface area (Å²) in [5.74, 6) is 1.95. The summed E-state index contributed by atoms with van der Waals surface area (Å²) in [6.45, 7) is 19.0. The predicted molar refractivity (Wildman–Crippen MR) is 186 cm³/mol. The van der Waals surface area contributed by atoms with Gasteiger partial charge in [-0.05, 0) is 145 Å². The van der Waals surface area contributed by atoms with Crippen LogP contribution < -0.4 is 4.74 Å². The van der Waals surface area contributed by atoms with Gasteiger partial charge in [-0.25, -0.2) is 0 Å². The lowest BCUT2D eigenvalue weighted by atomic mass is 9.76. The number of ether oxygens (including phenoxy) is 6. The predicted octanol–water partition coefficient (Wildman–Crippen LogP) is 10.4. The quantitative estimate of drug-likeness (QED) is 0.159. The maximum Gasteiger partial charge on any atom is 0.158 e.